The Bertz CT molecular complexity index is 630. The molecule has 0 fully saturated rings. The van der Waals surface area contributed by atoms with Gasteiger partial charge < -0.3 is 11.1 Å². The number of nitrogen functional groups attached to an aromatic ring is 1. The molecule has 1 atom stereocenters. The van der Waals surface area contributed by atoms with E-state index in [1.807, 2.05) is 19.2 Å². The Hall–Kier alpha value is -2.08. The molecule has 1 heterocycles. The fourth-order valence-corrected chi connectivity index (χ4v) is 2.13. The molecule has 0 aliphatic carbocycles. The molecule has 0 bridgehead atoms. The van der Waals surface area contributed by atoms with Crippen molar-refractivity contribution in [2.24, 2.45) is 5.92 Å². The SMILES string of the molecule is C[C@H](CNC(=O)c1cc(Cl)cc(F)c1N)Cn1cccn1. The zero-order valence-corrected chi connectivity index (χ0v) is 12.3. The summed E-state index contributed by atoms with van der Waals surface area (Å²) in [5.74, 6) is -0.974. The molecule has 0 aliphatic heterocycles. The van der Waals surface area contributed by atoms with Crippen molar-refractivity contribution >= 4 is 23.2 Å². The lowest BCUT2D eigenvalue weighted by Crippen LogP contribution is -2.30. The first-order valence-corrected chi connectivity index (χ1v) is 6.85. The number of benzene rings is 1. The average Bonchev–Trinajstić information content (AvgIpc) is 2.93. The number of anilines is 1. The number of nitrogens with one attached hydrogen (secondary N) is 1. The Morgan fingerprint density at radius 3 is 3.00 bits per heavy atom. The number of rotatable bonds is 5. The summed E-state index contributed by atoms with van der Waals surface area (Å²) in [4.78, 5) is 12.0. The Labute approximate surface area is 126 Å². The van der Waals surface area contributed by atoms with Gasteiger partial charge in [-0.15, -0.1) is 0 Å². The molecule has 112 valence electrons. The quantitative estimate of drug-likeness (QED) is 0.832. The van der Waals surface area contributed by atoms with Gasteiger partial charge in [-0.2, -0.15) is 5.10 Å². The van der Waals surface area contributed by atoms with Crippen LogP contribution in [-0.4, -0.2) is 22.2 Å². The van der Waals surface area contributed by atoms with Gasteiger partial charge >= 0.3 is 0 Å². The van der Waals surface area contributed by atoms with Crippen molar-refractivity contribution in [2.75, 3.05) is 12.3 Å². The second kappa shape index (κ2) is 6.58. The summed E-state index contributed by atoms with van der Waals surface area (Å²) in [7, 11) is 0. The summed E-state index contributed by atoms with van der Waals surface area (Å²) < 4.78 is 15.2. The van der Waals surface area contributed by atoms with Crippen molar-refractivity contribution in [3.63, 3.8) is 0 Å². The van der Waals surface area contributed by atoms with E-state index in [1.165, 1.54) is 6.07 Å². The maximum absolute atomic E-state index is 13.5. The van der Waals surface area contributed by atoms with Gasteiger partial charge in [0.1, 0.15) is 5.82 Å². The predicted molar refractivity (Wildman–Crippen MR) is 79.5 cm³/mol. The highest BCUT2D eigenvalue weighted by atomic mass is 35.5. The molecule has 0 spiro atoms. The Kier molecular flexibility index (Phi) is 4.80. The first-order chi connectivity index (χ1) is 9.97. The Morgan fingerprint density at radius 1 is 1.57 bits per heavy atom. The van der Waals surface area contributed by atoms with E-state index in [0.717, 1.165) is 6.07 Å². The minimum absolute atomic E-state index is 0.0475. The van der Waals surface area contributed by atoms with Crippen molar-refractivity contribution in [2.45, 2.75) is 13.5 Å². The monoisotopic (exact) mass is 310 g/mol. The number of aromatic nitrogens is 2. The van der Waals surface area contributed by atoms with Crippen LogP contribution in [0, 0.1) is 11.7 Å². The van der Waals surface area contributed by atoms with Crippen LogP contribution >= 0.6 is 11.6 Å². The third-order valence-corrected chi connectivity index (χ3v) is 3.23. The molecular weight excluding hydrogens is 295 g/mol. The number of hydrogen-bond donors (Lipinski definition) is 2. The molecule has 0 saturated carbocycles. The summed E-state index contributed by atoms with van der Waals surface area (Å²) in [6.45, 7) is 3.07. The van der Waals surface area contributed by atoms with Crippen LogP contribution in [0.2, 0.25) is 5.02 Å². The van der Waals surface area contributed by atoms with Gasteiger partial charge in [-0.3, -0.25) is 9.48 Å². The number of hydrogen-bond acceptors (Lipinski definition) is 3. The fourth-order valence-electron chi connectivity index (χ4n) is 1.93. The van der Waals surface area contributed by atoms with Crippen LogP contribution in [-0.2, 0) is 6.54 Å². The fraction of sp³-hybridized carbons (Fsp3) is 0.286. The minimum Gasteiger partial charge on any atom is -0.396 e. The predicted octanol–water partition coefficient (Wildman–Crippen LogP) is 2.32. The molecule has 1 aromatic carbocycles. The molecule has 7 heteroatoms. The molecule has 0 saturated heterocycles. The molecule has 1 amide bonds. The Morgan fingerprint density at radius 2 is 2.33 bits per heavy atom. The van der Waals surface area contributed by atoms with E-state index in [0.29, 0.717) is 13.1 Å². The lowest BCUT2D eigenvalue weighted by molar-refractivity contribution is 0.0947. The topological polar surface area (TPSA) is 72.9 Å². The number of halogens is 2. The Balaban J connectivity index is 1.96. The van der Waals surface area contributed by atoms with E-state index in [4.69, 9.17) is 17.3 Å². The zero-order chi connectivity index (χ0) is 15.4. The minimum atomic E-state index is -0.697. The number of amides is 1. The van der Waals surface area contributed by atoms with E-state index < -0.39 is 11.7 Å². The van der Waals surface area contributed by atoms with Gasteiger partial charge in [-0.25, -0.2) is 4.39 Å². The zero-order valence-electron chi connectivity index (χ0n) is 11.5. The van der Waals surface area contributed by atoms with Gasteiger partial charge in [0, 0.05) is 30.5 Å². The summed E-state index contributed by atoms with van der Waals surface area (Å²) >= 11 is 5.74. The molecule has 3 N–H and O–H groups in total. The van der Waals surface area contributed by atoms with E-state index >= 15 is 0 Å². The van der Waals surface area contributed by atoms with Crippen LogP contribution in [0.1, 0.15) is 17.3 Å². The van der Waals surface area contributed by atoms with E-state index in [2.05, 4.69) is 10.4 Å². The number of nitrogens with two attached hydrogens (primary N) is 1. The van der Waals surface area contributed by atoms with Crippen LogP contribution in [0.3, 0.4) is 0 Å². The van der Waals surface area contributed by atoms with E-state index in [1.54, 1.807) is 10.9 Å². The van der Waals surface area contributed by atoms with Gasteiger partial charge in [0.05, 0.1) is 11.3 Å². The van der Waals surface area contributed by atoms with Gasteiger partial charge in [0.25, 0.3) is 5.91 Å². The smallest absolute Gasteiger partial charge is 0.253 e. The number of nitrogens with zero attached hydrogens (tertiary/aromatic N) is 2. The average molecular weight is 311 g/mol. The molecular formula is C14H16ClFN4O. The second-order valence-corrected chi connectivity index (χ2v) is 5.33. The molecule has 2 aromatic rings. The summed E-state index contributed by atoms with van der Waals surface area (Å²) in [6.07, 6.45) is 3.55. The molecule has 2 rings (SSSR count). The molecule has 0 radical (unpaired) electrons. The van der Waals surface area contributed by atoms with Crippen molar-refractivity contribution in [1.29, 1.82) is 0 Å². The standard InChI is InChI=1S/C14H16ClFN4O/c1-9(8-20-4-2-3-19-20)7-18-14(21)11-5-10(15)6-12(16)13(11)17/h2-6,9H,7-8,17H2,1H3,(H,18,21)/t9-/m1/s1. The summed E-state index contributed by atoms with van der Waals surface area (Å²) in [5, 5.41) is 6.95. The van der Waals surface area contributed by atoms with Crippen molar-refractivity contribution < 1.29 is 9.18 Å². The largest absolute Gasteiger partial charge is 0.396 e. The van der Waals surface area contributed by atoms with Gasteiger partial charge in [-0.05, 0) is 24.1 Å². The summed E-state index contributed by atoms with van der Waals surface area (Å²) in [5.41, 5.74) is 5.41. The van der Waals surface area contributed by atoms with Crippen LogP contribution in [0.4, 0.5) is 10.1 Å². The molecule has 5 nitrogen and oxygen atoms in total. The highest BCUT2D eigenvalue weighted by molar-refractivity contribution is 6.31. The first-order valence-electron chi connectivity index (χ1n) is 6.47. The highest BCUT2D eigenvalue weighted by Gasteiger charge is 2.15. The molecule has 1 aromatic heterocycles. The van der Waals surface area contributed by atoms with Gasteiger partial charge in [-0.1, -0.05) is 18.5 Å². The maximum atomic E-state index is 13.5. The summed E-state index contributed by atoms with van der Waals surface area (Å²) in [6, 6.07) is 4.27. The second-order valence-electron chi connectivity index (χ2n) is 4.89. The molecule has 0 unspecified atom stereocenters. The van der Waals surface area contributed by atoms with Gasteiger partial charge in [0.2, 0.25) is 0 Å². The molecule has 0 aliphatic rings. The van der Waals surface area contributed by atoms with Crippen LogP contribution in [0.15, 0.2) is 30.6 Å². The van der Waals surface area contributed by atoms with Crippen LogP contribution in [0.25, 0.3) is 0 Å². The van der Waals surface area contributed by atoms with Crippen molar-refractivity contribution in [1.82, 2.24) is 15.1 Å². The lowest BCUT2D eigenvalue weighted by Gasteiger charge is -2.14. The van der Waals surface area contributed by atoms with E-state index in [9.17, 15) is 9.18 Å². The number of carbonyl (C=O) groups is 1. The third kappa shape index (κ3) is 3.95. The van der Waals surface area contributed by atoms with Crippen molar-refractivity contribution in [3.8, 4) is 0 Å². The lowest BCUT2D eigenvalue weighted by atomic mass is 10.1. The van der Waals surface area contributed by atoms with Crippen molar-refractivity contribution in [3.05, 3.63) is 47.0 Å². The highest BCUT2D eigenvalue weighted by Crippen LogP contribution is 2.22. The van der Waals surface area contributed by atoms with Gasteiger partial charge in [0.15, 0.2) is 0 Å². The molecule has 21 heavy (non-hydrogen) atoms. The van der Waals surface area contributed by atoms with E-state index in [-0.39, 0.29) is 22.2 Å². The van der Waals surface area contributed by atoms with Crippen LogP contribution < -0.4 is 11.1 Å². The number of carbonyl (C=O) groups excluding carboxylic acids is 1. The maximum Gasteiger partial charge on any atom is 0.253 e. The first kappa shape index (κ1) is 15.3. The third-order valence-electron chi connectivity index (χ3n) is 3.01. The van der Waals surface area contributed by atoms with Crippen LogP contribution in [0.5, 0.6) is 0 Å². The normalized spacial score (nSPS) is 12.1.